The monoisotopic (exact) mass is 499 g/mol. The standard InChI is InChI=1S/C29H37N7O/c1-19-6-4-7-20(2)24(19)17-35-12-5-8-23(16-35)31-29(37)36-13-11-26-25(18-36)28(33-32-26)21-9-10-27-22(14-21)15-30-34(27)3/h4,6-7,9-10,14-15,23,28,32-33H,5,8,11-13,16-18H2,1-3H3,(H,31,37)/t23-,28?/m1/s1. The first-order valence-corrected chi connectivity index (χ1v) is 13.4. The van der Waals surface area contributed by atoms with Gasteiger partial charge in [0.15, 0.2) is 0 Å². The van der Waals surface area contributed by atoms with Gasteiger partial charge in [-0.2, -0.15) is 5.10 Å². The van der Waals surface area contributed by atoms with Crippen molar-refractivity contribution >= 4 is 16.9 Å². The maximum absolute atomic E-state index is 13.4. The second-order valence-corrected chi connectivity index (χ2v) is 10.9. The van der Waals surface area contributed by atoms with Gasteiger partial charge >= 0.3 is 6.03 Å². The van der Waals surface area contributed by atoms with Crippen LogP contribution in [-0.2, 0) is 13.6 Å². The van der Waals surface area contributed by atoms with Crippen molar-refractivity contribution in [2.45, 2.75) is 51.7 Å². The van der Waals surface area contributed by atoms with E-state index in [-0.39, 0.29) is 18.1 Å². The lowest BCUT2D eigenvalue weighted by atomic mass is 9.94. The number of nitrogens with zero attached hydrogens (tertiary/aromatic N) is 4. The van der Waals surface area contributed by atoms with Gasteiger partial charge in [-0.05, 0) is 73.2 Å². The van der Waals surface area contributed by atoms with E-state index >= 15 is 0 Å². The summed E-state index contributed by atoms with van der Waals surface area (Å²) in [7, 11) is 1.96. The van der Waals surface area contributed by atoms with Crippen LogP contribution in [0.1, 0.15) is 47.6 Å². The van der Waals surface area contributed by atoms with Crippen molar-refractivity contribution in [3.63, 3.8) is 0 Å². The fourth-order valence-electron chi connectivity index (χ4n) is 6.17. The quantitative estimate of drug-likeness (QED) is 0.511. The summed E-state index contributed by atoms with van der Waals surface area (Å²) in [5, 5.41) is 8.87. The maximum atomic E-state index is 13.4. The largest absolute Gasteiger partial charge is 0.334 e. The number of hydrogen-bond donors (Lipinski definition) is 3. The Labute approximate surface area is 218 Å². The van der Waals surface area contributed by atoms with Crippen LogP contribution < -0.4 is 16.2 Å². The minimum atomic E-state index is 0.0535. The van der Waals surface area contributed by atoms with Crippen LogP contribution in [0, 0.1) is 13.8 Å². The van der Waals surface area contributed by atoms with Crippen molar-refractivity contribution in [1.82, 2.24) is 35.7 Å². The summed E-state index contributed by atoms with van der Waals surface area (Å²) in [4.78, 5) is 17.8. The summed E-state index contributed by atoms with van der Waals surface area (Å²) in [6.45, 7) is 8.69. The Morgan fingerprint density at radius 1 is 1.16 bits per heavy atom. The predicted molar refractivity (Wildman–Crippen MR) is 146 cm³/mol. The molecule has 0 spiro atoms. The van der Waals surface area contributed by atoms with E-state index in [0.29, 0.717) is 6.54 Å². The zero-order valence-corrected chi connectivity index (χ0v) is 22.1. The Bertz CT molecular complexity index is 1340. The molecule has 3 N–H and O–H groups in total. The van der Waals surface area contributed by atoms with Crippen molar-refractivity contribution in [1.29, 1.82) is 0 Å². The molecule has 8 nitrogen and oxygen atoms in total. The Hall–Kier alpha value is -3.36. The van der Waals surface area contributed by atoms with E-state index in [2.05, 4.69) is 76.4 Å². The summed E-state index contributed by atoms with van der Waals surface area (Å²) in [5.41, 5.74) is 15.7. The molecule has 2 amide bonds. The summed E-state index contributed by atoms with van der Waals surface area (Å²) in [5.74, 6) is 0. The highest BCUT2D eigenvalue weighted by atomic mass is 16.2. The number of rotatable bonds is 4. The van der Waals surface area contributed by atoms with Crippen LogP contribution in [0.15, 0.2) is 53.9 Å². The van der Waals surface area contributed by atoms with E-state index < -0.39 is 0 Å². The van der Waals surface area contributed by atoms with Gasteiger partial charge in [-0.25, -0.2) is 10.2 Å². The van der Waals surface area contributed by atoms with Gasteiger partial charge in [0.2, 0.25) is 0 Å². The SMILES string of the molecule is Cc1cccc(C)c1CN1CCC[C@@H](NC(=O)N2CCC3=C(C2)C(c2ccc4c(cnn4C)c2)NN3)C1. The normalized spacial score (nSPS) is 22.3. The summed E-state index contributed by atoms with van der Waals surface area (Å²) in [6.07, 6.45) is 4.89. The Balaban J connectivity index is 1.10. The maximum Gasteiger partial charge on any atom is 0.317 e. The topological polar surface area (TPSA) is 77.5 Å². The number of aromatic nitrogens is 2. The number of carbonyl (C=O) groups is 1. The number of hydrazine groups is 1. The first kappa shape index (κ1) is 24.0. The number of hydrogen-bond acceptors (Lipinski definition) is 5. The molecule has 1 fully saturated rings. The molecule has 1 aromatic heterocycles. The predicted octanol–water partition coefficient (Wildman–Crippen LogP) is 3.67. The number of nitrogens with one attached hydrogen (secondary N) is 3. The minimum absolute atomic E-state index is 0.0535. The number of fused-ring (bicyclic) bond motifs is 1. The Morgan fingerprint density at radius 3 is 2.84 bits per heavy atom. The van der Waals surface area contributed by atoms with Gasteiger partial charge < -0.3 is 15.6 Å². The van der Waals surface area contributed by atoms with Crippen molar-refractivity contribution in [2.75, 3.05) is 26.2 Å². The van der Waals surface area contributed by atoms with Crippen molar-refractivity contribution < 1.29 is 4.79 Å². The molecule has 1 unspecified atom stereocenters. The average Bonchev–Trinajstić information content (AvgIpc) is 3.49. The molecule has 0 bridgehead atoms. The molecule has 2 aromatic carbocycles. The van der Waals surface area contributed by atoms with E-state index in [9.17, 15) is 4.79 Å². The Kier molecular flexibility index (Phi) is 6.38. The molecule has 4 heterocycles. The number of piperidine rings is 1. The summed E-state index contributed by atoms with van der Waals surface area (Å²) in [6, 6.07) is 13.3. The molecule has 3 aliphatic heterocycles. The zero-order chi connectivity index (χ0) is 25.5. The van der Waals surface area contributed by atoms with Gasteiger partial charge in [0, 0.05) is 56.8 Å². The molecule has 6 rings (SSSR count). The molecule has 2 atom stereocenters. The van der Waals surface area contributed by atoms with Crippen molar-refractivity contribution in [3.8, 4) is 0 Å². The molecule has 0 radical (unpaired) electrons. The zero-order valence-electron chi connectivity index (χ0n) is 22.1. The van der Waals surface area contributed by atoms with E-state index in [1.54, 1.807) is 0 Å². The molecule has 37 heavy (non-hydrogen) atoms. The highest BCUT2D eigenvalue weighted by Crippen LogP contribution is 2.33. The highest BCUT2D eigenvalue weighted by molar-refractivity contribution is 5.79. The summed E-state index contributed by atoms with van der Waals surface area (Å²) < 4.78 is 1.89. The van der Waals surface area contributed by atoms with Crippen LogP contribution in [0.2, 0.25) is 0 Å². The van der Waals surface area contributed by atoms with E-state index in [4.69, 9.17) is 0 Å². The Morgan fingerprint density at radius 2 is 2.00 bits per heavy atom. The lowest BCUT2D eigenvalue weighted by Crippen LogP contribution is -2.52. The van der Waals surface area contributed by atoms with Crippen molar-refractivity contribution in [2.24, 2.45) is 7.05 Å². The third-order valence-corrected chi connectivity index (χ3v) is 8.35. The molecule has 1 saturated heterocycles. The fourth-order valence-corrected chi connectivity index (χ4v) is 6.17. The second kappa shape index (κ2) is 9.84. The van der Waals surface area contributed by atoms with Gasteiger partial charge in [-0.3, -0.25) is 9.58 Å². The minimum Gasteiger partial charge on any atom is -0.334 e. The summed E-state index contributed by atoms with van der Waals surface area (Å²) >= 11 is 0. The van der Waals surface area contributed by atoms with E-state index in [1.165, 1.54) is 33.5 Å². The fraction of sp³-hybridized carbons (Fsp3) is 0.448. The van der Waals surface area contributed by atoms with E-state index in [0.717, 1.165) is 56.3 Å². The molecule has 0 saturated carbocycles. The molecule has 194 valence electrons. The van der Waals surface area contributed by atoms with Crippen LogP contribution in [0.25, 0.3) is 10.9 Å². The lowest BCUT2D eigenvalue weighted by Gasteiger charge is -2.36. The third kappa shape index (κ3) is 4.71. The molecule has 8 heteroatoms. The van der Waals surface area contributed by atoms with Crippen LogP contribution in [0.5, 0.6) is 0 Å². The number of urea groups is 1. The molecule has 0 aliphatic carbocycles. The van der Waals surface area contributed by atoms with E-state index in [1.807, 2.05) is 22.8 Å². The van der Waals surface area contributed by atoms with Gasteiger partial charge in [-0.15, -0.1) is 0 Å². The van der Waals surface area contributed by atoms with Crippen LogP contribution in [0.3, 0.4) is 0 Å². The molecular formula is C29H37N7O. The second-order valence-electron chi connectivity index (χ2n) is 10.9. The number of amides is 2. The number of carbonyl (C=O) groups excluding carboxylic acids is 1. The smallest absolute Gasteiger partial charge is 0.317 e. The molecule has 3 aromatic rings. The van der Waals surface area contributed by atoms with Crippen LogP contribution >= 0.6 is 0 Å². The first-order chi connectivity index (χ1) is 18.0. The number of likely N-dealkylation sites (tertiary alicyclic amines) is 1. The number of aryl methyl sites for hydroxylation is 3. The van der Waals surface area contributed by atoms with Gasteiger partial charge in [0.1, 0.15) is 0 Å². The molecule has 3 aliphatic rings. The third-order valence-electron chi connectivity index (χ3n) is 8.35. The highest BCUT2D eigenvalue weighted by Gasteiger charge is 2.34. The first-order valence-electron chi connectivity index (χ1n) is 13.4. The molecular weight excluding hydrogens is 462 g/mol. The van der Waals surface area contributed by atoms with Gasteiger partial charge in [-0.1, -0.05) is 24.3 Å². The van der Waals surface area contributed by atoms with Crippen molar-refractivity contribution in [3.05, 3.63) is 76.1 Å². The average molecular weight is 500 g/mol. The van der Waals surface area contributed by atoms with Crippen LogP contribution in [-0.4, -0.2) is 57.8 Å². The van der Waals surface area contributed by atoms with Gasteiger partial charge in [0.05, 0.1) is 17.8 Å². The lowest BCUT2D eigenvalue weighted by molar-refractivity contribution is 0.164. The van der Waals surface area contributed by atoms with Gasteiger partial charge in [0.25, 0.3) is 0 Å². The number of benzene rings is 2. The van der Waals surface area contributed by atoms with Crippen LogP contribution in [0.4, 0.5) is 4.79 Å².